The Bertz CT molecular complexity index is 2550. The van der Waals surface area contributed by atoms with Crippen molar-refractivity contribution in [2.24, 2.45) is 0 Å². The number of hydrogen-bond donors (Lipinski definition) is 0. The molecule has 0 atom stereocenters. The second-order valence-corrected chi connectivity index (χ2v) is 12.0. The summed E-state index contributed by atoms with van der Waals surface area (Å²) in [7, 11) is 0. The summed E-state index contributed by atoms with van der Waals surface area (Å²) in [6, 6.07) is 56.3. The molecule has 0 fully saturated rings. The van der Waals surface area contributed by atoms with Gasteiger partial charge in [-0.05, 0) is 79.5 Å². The van der Waals surface area contributed by atoms with Crippen LogP contribution in [0.4, 0.5) is 0 Å². The van der Waals surface area contributed by atoms with E-state index in [1.54, 1.807) is 0 Å². The van der Waals surface area contributed by atoms with Crippen molar-refractivity contribution in [1.29, 1.82) is 5.26 Å². The van der Waals surface area contributed by atoms with Gasteiger partial charge in [0.1, 0.15) is 0 Å². The molecule has 0 aliphatic heterocycles. The lowest BCUT2D eigenvalue weighted by Crippen LogP contribution is -2.00. The fourth-order valence-corrected chi connectivity index (χ4v) is 6.84. The number of hydrogen-bond acceptors (Lipinski definition) is 4. The normalized spacial score (nSPS) is 11.3. The molecule has 0 saturated carbocycles. The van der Waals surface area contributed by atoms with Crippen LogP contribution in [0.2, 0.25) is 0 Å². The first-order valence-corrected chi connectivity index (χ1v) is 15.9. The predicted octanol–water partition coefficient (Wildman–Crippen LogP) is 10.9. The largest absolute Gasteiger partial charge is 0.208 e. The Balaban J connectivity index is 1.18. The van der Waals surface area contributed by atoms with E-state index in [-0.39, 0.29) is 0 Å². The molecule has 48 heavy (non-hydrogen) atoms. The molecule has 1 aromatic heterocycles. The van der Waals surface area contributed by atoms with Gasteiger partial charge < -0.3 is 0 Å². The van der Waals surface area contributed by atoms with Gasteiger partial charge in [0.25, 0.3) is 0 Å². The lowest BCUT2D eigenvalue weighted by molar-refractivity contribution is 1.07. The van der Waals surface area contributed by atoms with Crippen LogP contribution in [0, 0.1) is 11.3 Å². The van der Waals surface area contributed by atoms with Crippen LogP contribution in [-0.4, -0.2) is 15.0 Å². The van der Waals surface area contributed by atoms with Crippen molar-refractivity contribution in [3.05, 3.63) is 163 Å². The van der Waals surface area contributed by atoms with Crippen LogP contribution in [0.25, 0.3) is 89.4 Å². The van der Waals surface area contributed by atoms with E-state index in [1.807, 2.05) is 72.8 Å². The Kier molecular flexibility index (Phi) is 6.48. The standard InChI is InChI=1S/C44H26N4/c45-27-28-10-6-13-30(24-28)31-14-7-16-33(25-31)43-46-42(29-11-2-1-3-12-29)47-44(48-43)34-17-8-15-32(26-34)35-22-23-40-37-19-5-4-18-36(37)39-21-9-20-38(35)41(39)40/h1-26H. The van der Waals surface area contributed by atoms with Crippen molar-refractivity contribution < 1.29 is 0 Å². The molecule has 7 aromatic carbocycles. The molecule has 4 heteroatoms. The lowest BCUT2D eigenvalue weighted by atomic mass is 9.93. The highest BCUT2D eigenvalue weighted by atomic mass is 15.0. The molecule has 222 valence electrons. The SMILES string of the molecule is N#Cc1cccc(-c2cccc(-c3nc(-c4ccccc4)nc(-c4cccc(-c5ccc6c7c(cccc57)-c5ccccc5-6)c4)n3)c2)c1. The third-order valence-corrected chi connectivity index (χ3v) is 9.09. The summed E-state index contributed by atoms with van der Waals surface area (Å²) in [5.41, 5.74) is 12.7. The van der Waals surface area contributed by atoms with Crippen molar-refractivity contribution in [3.8, 4) is 84.7 Å². The Labute approximate surface area is 278 Å². The highest BCUT2D eigenvalue weighted by molar-refractivity contribution is 6.18. The summed E-state index contributed by atoms with van der Waals surface area (Å²) in [5.74, 6) is 1.81. The number of benzene rings is 7. The molecule has 0 radical (unpaired) electrons. The van der Waals surface area contributed by atoms with Crippen molar-refractivity contribution in [2.45, 2.75) is 0 Å². The van der Waals surface area contributed by atoms with Crippen LogP contribution in [0.15, 0.2) is 158 Å². The minimum Gasteiger partial charge on any atom is -0.208 e. The molecule has 0 amide bonds. The third-order valence-electron chi connectivity index (χ3n) is 9.09. The van der Waals surface area contributed by atoms with Gasteiger partial charge in [-0.15, -0.1) is 0 Å². The number of fused-ring (bicyclic) bond motifs is 3. The summed E-state index contributed by atoms with van der Waals surface area (Å²) in [5, 5.41) is 12.0. The average molecular weight is 611 g/mol. The zero-order chi connectivity index (χ0) is 32.0. The molecule has 1 heterocycles. The minimum atomic E-state index is 0.589. The summed E-state index contributed by atoms with van der Waals surface area (Å²) in [6.07, 6.45) is 0. The van der Waals surface area contributed by atoms with Crippen LogP contribution >= 0.6 is 0 Å². The first-order chi connectivity index (χ1) is 23.7. The monoisotopic (exact) mass is 610 g/mol. The van der Waals surface area contributed by atoms with Crippen LogP contribution in [0.1, 0.15) is 5.56 Å². The first kappa shape index (κ1) is 27.6. The quantitative estimate of drug-likeness (QED) is 0.194. The van der Waals surface area contributed by atoms with Crippen LogP contribution in [-0.2, 0) is 0 Å². The Hall–Kier alpha value is -6.70. The molecule has 0 unspecified atom stereocenters. The fraction of sp³-hybridized carbons (Fsp3) is 0. The van der Waals surface area contributed by atoms with E-state index >= 15 is 0 Å². The van der Waals surface area contributed by atoms with Gasteiger partial charge in [0.05, 0.1) is 11.6 Å². The van der Waals surface area contributed by atoms with Gasteiger partial charge in [0, 0.05) is 16.7 Å². The lowest BCUT2D eigenvalue weighted by Gasteiger charge is -2.12. The van der Waals surface area contributed by atoms with E-state index in [0.29, 0.717) is 23.0 Å². The predicted molar refractivity (Wildman–Crippen MR) is 194 cm³/mol. The van der Waals surface area contributed by atoms with E-state index in [4.69, 9.17) is 15.0 Å². The van der Waals surface area contributed by atoms with Crippen LogP contribution in [0.5, 0.6) is 0 Å². The van der Waals surface area contributed by atoms with Gasteiger partial charge in [0.15, 0.2) is 17.5 Å². The summed E-state index contributed by atoms with van der Waals surface area (Å²) < 4.78 is 0. The highest BCUT2D eigenvalue weighted by Gasteiger charge is 2.22. The molecular formula is C44H26N4. The molecule has 1 aliphatic carbocycles. The van der Waals surface area contributed by atoms with Gasteiger partial charge in [-0.3, -0.25) is 0 Å². The average Bonchev–Trinajstić information content (AvgIpc) is 3.50. The smallest absolute Gasteiger partial charge is 0.164 e. The molecular weight excluding hydrogens is 585 g/mol. The first-order valence-electron chi connectivity index (χ1n) is 15.9. The Morgan fingerprint density at radius 3 is 1.54 bits per heavy atom. The van der Waals surface area contributed by atoms with Gasteiger partial charge in [-0.1, -0.05) is 133 Å². The highest BCUT2D eigenvalue weighted by Crippen LogP contribution is 2.49. The van der Waals surface area contributed by atoms with E-state index < -0.39 is 0 Å². The maximum atomic E-state index is 9.45. The fourth-order valence-electron chi connectivity index (χ4n) is 6.84. The van der Waals surface area contributed by atoms with Crippen molar-refractivity contribution in [3.63, 3.8) is 0 Å². The van der Waals surface area contributed by atoms with E-state index in [9.17, 15) is 5.26 Å². The zero-order valence-corrected chi connectivity index (χ0v) is 25.8. The molecule has 9 rings (SSSR count). The van der Waals surface area contributed by atoms with Crippen molar-refractivity contribution in [2.75, 3.05) is 0 Å². The van der Waals surface area contributed by atoms with Crippen LogP contribution in [0.3, 0.4) is 0 Å². The van der Waals surface area contributed by atoms with Crippen molar-refractivity contribution in [1.82, 2.24) is 15.0 Å². The molecule has 0 saturated heterocycles. The summed E-state index contributed by atoms with van der Waals surface area (Å²) in [6.45, 7) is 0. The maximum Gasteiger partial charge on any atom is 0.164 e. The maximum absolute atomic E-state index is 9.45. The molecule has 0 spiro atoms. The van der Waals surface area contributed by atoms with Gasteiger partial charge in [0.2, 0.25) is 0 Å². The number of nitriles is 1. The third kappa shape index (κ3) is 4.65. The number of rotatable bonds is 5. The second kappa shape index (κ2) is 11.3. The molecule has 0 N–H and O–H groups in total. The minimum absolute atomic E-state index is 0.589. The van der Waals surface area contributed by atoms with E-state index in [1.165, 1.54) is 38.6 Å². The van der Waals surface area contributed by atoms with Gasteiger partial charge >= 0.3 is 0 Å². The van der Waals surface area contributed by atoms with E-state index in [0.717, 1.165) is 33.4 Å². The summed E-state index contributed by atoms with van der Waals surface area (Å²) in [4.78, 5) is 15.0. The summed E-state index contributed by atoms with van der Waals surface area (Å²) >= 11 is 0. The topological polar surface area (TPSA) is 62.5 Å². The molecule has 8 aromatic rings. The number of nitrogens with zero attached hydrogens (tertiary/aromatic N) is 4. The Morgan fingerprint density at radius 1 is 0.354 bits per heavy atom. The van der Waals surface area contributed by atoms with Crippen LogP contribution < -0.4 is 0 Å². The molecule has 4 nitrogen and oxygen atoms in total. The van der Waals surface area contributed by atoms with E-state index in [2.05, 4.69) is 91.0 Å². The molecule has 0 bridgehead atoms. The molecule has 1 aliphatic rings. The Morgan fingerprint density at radius 2 is 0.833 bits per heavy atom. The van der Waals surface area contributed by atoms with Crippen molar-refractivity contribution >= 4 is 10.8 Å². The van der Waals surface area contributed by atoms with Gasteiger partial charge in [-0.25, -0.2) is 15.0 Å². The second-order valence-electron chi connectivity index (χ2n) is 12.0. The van der Waals surface area contributed by atoms with Gasteiger partial charge in [-0.2, -0.15) is 5.26 Å². The zero-order valence-electron chi connectivity index (χ0n) is 25.8. The number of aromatic nitrogens is 3.